The van der Waals surface area contributed by atoms with Gasteiger partial charge in [0, 0.05) is 11.1 Å². The molecular formula is C13H16Cl2FN3O. The molecule has 3 rings (SSSR count). The van der Waals surface area contributed by atoms with Crippen LogP contribution in [0.25, 0.3) is 11.0 Å². The molecule has 0 bridgehead atoms. The lowest BCUT2D eigenvalue weighted by molar-refractivity contribution is 0.342. The van der Waals surface area contributed by atoms with Crippen LogP contribution in [0.1, 0.15) is 18.9 Å². The van der Waals surface area contributed by atoms with Crippen molar-refractivity contribution in [1.29, 1.82) is 0 Å². The number of imidazole rings is 1. The van der Waals surface area contributed by atoms with Gasteiger partial charge in [0.1, 0.15) is 0 Å². The van der Waals surface area contributed by atoms with E-state index in [2.05, 4.69) is 5.32 Å². The van der Waals surface area contributed by atoms with Gasteiger partial charge in [-0.15, -0.1) is 12.4 Å². The molecule has 20 heavy (non-hydrogen) atoms. The average molecular weight is 320 g/mol. The fraction of sp³-hybridized carbons (Fsp3) is 0.462. The number of rotatable bonds is 2. The van der Waals surface area contributed by atoms with E-state index >= 15 is 0 Å². The summed E-state index contributed by atoms with van der Waals surface area (Å²) in [6.07, 6.45) is 1.75. The maximum absolute atomic E-state index is 13.1. The zero-order chi connectivity index (χ0) is 13.4. The largest absolute Gasteiger partial charge is 0.331 e. The van der Waals surface area contributed by atoms with Crippen LogP contribution in [0.15, 0.2) is 23.0 Å². The Morgan fingerprint density at radius 2 is 2.00 bits per heavy atom. The second kappa shape index (κ2) is 6.16. The summed E-state index contributed by atoms with van der Waals surface area (Å²) >= 11 is 6.00. The predicted octanol–water partition coefficient (Wildman–Crippen LogP) is 2.73. The Morgan fingerprint density at radius 1 is 1.30 bits per heavy atom. The monoisotopic (exact) mass is 319 g/mol. The first-order valence-electron chi connectivity index (χ1n) is 6.39. The predicted molar refractivity (Wildman–Crippen MR) is 80.7 cm³/mol. The summed E-state index contributed by atoms with van der Waals surface area (Å²) in [4.78, 5) is 12.4. The summed E-state index contributed by atoms with van der Waals surface area (Å²) in [6, 6.07) is 5.24. The zero-order valence-electron chi connectivity index (χ0n) is 10.8. The van der Waals surface area contributed by atoms with E-state index in [9.17, 15) is 9.18 Å². The van der Waals surface area contributed by atoms with Crippen LogP contribution in [0.5, 0.6) is 0 Å². The topological polar surface area (TPSA) is 39.0 Å². The normalized spacial score (nSPS) is 16.3. The summed E-state index contributed by atoms with van der Waals surface area (Å²) in [6.45, 7) is 0.939. The van der Waals surface area contributed by atoms with E-state index in [1.54, 1.807) is 22.8 Å². The van der Waals surface area contributed by atoms with Crippen LogP contribution in [0.4, 0.5) is 4.39 Å². The molecule has 0 amide bonds. The summed E-state index contributed by atoms with van der Waals surface area (Å²) < 4.78 is 16.0. The Balaban J connectivity index is 0.00000147. The number of nitrogens with one attached hydrogen (secondary N) is 1. The average Bonchev–Trinajstić information content (AvgIpc) is 2.70. The molecule has 1 aromatic heterocycles. The van der Waals surface area contributed by atoms with Gasteiger partial charge in [0.05, 0.1) is 11.0 Å². The number of piperidine rings is 1. The fourth-order valence-electron chi connectivity index (χ4n) is 2.79. The van der Waals surface area contributed by atoms with Crippen molar-refractivity contribution < 1.29 is 4.39 Å². The molecule has 0 atom stereocenters. The number of fused-ring (bicyclic) bond motifs is 1. The summed E-state index contributed by atoms with van der Waals surface area (Å²) in [5, 5.41) is 3.82. The van der Waals surface area contributed by atoms with Crippen LogP contribution in [0, 0.1) is 0 Å². The quantitative estimate of drug-likeness (QED) is 0.924. The van der Waals surface area contributed by atoms with Crippen LogP contribution < -0.4 is 11.0 Å². The third-order valence-corrected chi connectivity index (χ3v) is 3.95. The molecular weight excluding hydrogens is 304 g/mol. The van der Waals surface area contributed by atoms with Gasteiger partial charge in [0.15, 0.2) is 6.80 Å². The Kier molecular flexibility index (Phi) is 4.73. The lowest BCUT2D eigenvalue weighted by Crippen LogP contribution is -2.34. The van der Waals surface area contributed by atoms with Crippen LogP contribution in [0.3, 0.4) is 0 Å². The van der Waals surface area contributed by atoms with Crippen molar-refractivity contribution >= 4 is 35.0 Å². The van der Waals surface area contributed by atoms with Gasteiger partial charge in [-0.3, -0.25) is 9.13 Å². The van der Waals surface area contributed by atoms with Crippen LogP contribution >= 0.6 is 24.0 Å². The highest BCUT2D eigenvalue weighted by Gasteiger charge is 2.22. The fourth-order valence-corrected chi connectivity index (χ4v) is 2.95. The van der Waals surface area contributed by atoms with Gasteiger partial charge in [-0.05, 0) is 44.1 Å². The van der Waals surface area contributed by atoms with E-state index in [1.807, 2.05) is 0 Å². The van der Waals surface area contributed by atoms with E-state index < -0.39 is 6.80 Å². The first-order chi connectivity index (χ1) is 9.22. The van der Waals surface area contributed by atoms with Crippen molar-refractivity contribution in [3.63, 3.8) is 0 Å². The van der Waals surface area contributed by atoms with Crippen molar-refractivity contribution in [2.24, 2.45) is 0 Å². The lowest BCUT2D eigenvalue weighted by atomic mass is 10.1. The molecule has 1 aliphatic heterocycles. The molecule has 2 aromatic rings. The minimum atomic E-state index is -0.811. The van der Waals surface area contributed by atoms with Crippen molar-refractivity contribution in [1.82, 2.24) is 14.5 Å². The molecule has 0 radical (unpaired) electrons. The van der Waals surface area contributed by atoms with E-state index in [0.29, 0.717) is 10.5 Å². The second-order valence-electron chi connectivity index (χ2n) is 4.81. The molecule has 7 heteroatoms. The number of halogens is 3. The van der Waals surface area contributed by atoms with Crippen LogP contribution in [-0.4, -0.2) is 22.2 Å². The standard InChI is InChI=1S/C13H15ClFN3O.ClH/c14-9-1-2-11-12(7-9)18(13(19)17(11)8-15)10-3-5-16-6-4-10;/h1-2,7,10,16H,3-6,8H2;1H. The third kappa shape index (κ3) is 2.45. The van der Waals surface area contributed by atoms with E-state index in [1.165, 1.54) is 0 Å². The molecule has 1 N–H and O–H groups in total. The molecule has 110 valence electrons. The number of alkyl halides is 1. The first kappa shape index (κ1) is 15.4. The first-order valence-corrected chi connectivity index (χ1v) is 6.77. The molecule has 1 saturated heterocycles. The molecule has 2 heterocycles. The van der Waals surface area contributed by atoms with Crippen LogP contribution in [0.2, 0.25) is 5.02 Å². The summed E-state index contributed by atoms with van der Waals surface area (Å²) in [5.41, 5.74) is 1.05. The van der Waals surface area contributed by atoms with Gasteiger partial charge in [-0.2, -0.15) is 0 Å². The smallest absolute Gasteiger partial charge is 0.317 e. The molecule has 0 saturated carbocycles. The molecule has 0 spiro atoms. The molecule has 0 unspecified atom stereocenters. The summed E-state index contributed by atoms with van der Waals surface area (Å²) in [5.74, 6) is 0. The van der Waals surface area contributed by atoms with E-state index in [-0.39, 0.29) is 24.1 Å². The van der Waals surface area contributed by atoms with Crippen molar-refractivity contribution in [3.05, 3.63) is 33.7 Å². The molecule has 4 nitrogen and oxygen atoms in total. The van der Waals surface area contributed by atoms with Crippen molar-refractivity contribution in [2.45, 2.75) is 25.7 Å². The maximum Gasteiger partial charge on any atom is 0.331 e. The minimum Gasteiger partial charge on any atom is -0.317 e. The maximum atomic E-state index is 13.1. The van der Waals surface area contributed by atoms with Gasteiger partial charge in [-0.1, -0.05) is 11.6 Å². The zero-order valence-corrected chi connectivity index (χ0v) is 12.4. The number of hydrogen-bond acceptors (Lipinski definition) is 2. The second-order valence-corrected chi connectivity index (χ2v) is 5.25. The van der Waals surface area contributed by atoms with E-state index in [0.717, 1.165) is 36.0 Å². The minimum absolute atomic E-state index is 0. The highest BCUT2D eigenvalue weighted by Crippen LogP contribution is 2.25. The van der Waals surface area contributed by atoms with Crippen molar-refractivity contribution in [3.8, 4) is 0 Å². The highest BCUT2D eigenvalue weighted by molar-refractivity contribution is 6.31. The number of benzene rings is 1. The van der Waals surface area contributed by atoms with Crippen molar-refractivity contribution in [2.75, 3.05) is 13.1 Å². The summed E-state index contributed by atoms with van der Waals surface area (Å²) in [7, 11) is 0. The van der Waals surface area contributed by atoms with Gasteiger partial charge < -0.3 is 5.32 Å². The molecule has 1 aromatic carbocycles. The Morgan fingerprint density at radius 3 is 2.65 bits per heavy atom. The third-order valence-electron chi connectivity index (χ3n) is 3.72. The van der Waals surface area contributed by atoms with Gasteiger partial charge in [-0.25, -0.2) is 9.18 Å². The molecule has 1 aliphatic rings. The molecule has 1 fully saturated rings. The van der Waals surface area contributed by atoms with Gasteiger partial charge in [0.2, 0.25) is 0 Å². The van der Waals surface area contributed by atoms with Gasteiger partial charge >= 0.3 is 5.69 Å². The number of aromatic nitrogens is 2. The highest BCUT2D eigenvalue weighted by atomic mass is 35.5. The molecule has 0 aliphatic carbocycles. The van der Waals surface area contributed by atoms with Crippen LogP contribution in [-0.2, 0) is 6.80 Å². The Hall–Kier alpha value is -1.04. The Labute approximate surface area is 126 Å². The Bertz CT molecular complexity index is 661. The number of nitrogens with zero attached hydrogens (tertiary/aromatic N) is 2. The van der Waals surface area contributed by atoms with Gasteiger partial charge in [0.25, 0.3) is 0 Å². The lowest BCUT2D eigenvalue weighted by Gasteiger charge is -2.23. The SMILES string of the molecule is Cl.O=c1n(CF)c2ccc(Cl)cc2n1C1CCNCC1. The van der Waals surface area contributed by atoms with E-state index in [4.69, 9.17) is 11.6 Å². The number of hydrogen-bond donors (Lipinski definition) is 1.